The average Bonchev–Trinajstić information content (AvgIpc) is 2.38. The van der Waals surface area contributed by atoms with E-state index in [0.29, 0.717) is 6.61 Å². The maximum Gasteiger partial charge on any atom is 0.186 e. The maximum atomic E-state index is 9.68. The van der Waals surface area contributed by atoms with Gasteiger partial charge in [-0.25, -0.2) is 0 Å². The normalized spacial score (nSPS) is 36.8. The van der Waals surface area contributed by atoms with Gasteiger partial charge < -0.3 is 29.9 Å². The van der Waals surface area contributed by atoms with Gasteiger partial charge in [-0.3, -0.25) is 0 Å². The topological polar surface area (TPSA) is 99.4 Å². The first kappa shape index (κ1) is 15.8. The van der Waals surface area contributed by atoms with Crippen molar-refractivity contribution in [3.05, 3.63) is 0 Å². The minimum Gasteiger partial charge on any atom is -0.394 e. The zero-order valence-electron chi connectivity index (χ0n) is 10.7. The van der Waals surface area contributed by atoms with E-state index in [-0.39, 0.29) is 0 Å². The Kier molecular flexibility index (Phi) is 7.06. The molecule has 1 aliphatic heterocycles. The van der Waals surface area contributed by atoms with E-state index in [9.17, 15) is 15.3 Å². The summed E-state index contributed by atoms with van der Waals surface area (Å²) in [5.74, 6) is 0. The Balaban J connectivity index is 2.35. The molecular weight excluding hydrogens is 240 g/mol. The van der Waals surface area contributed by atoms with E-state index in [1.54, 1.807) is 0 Å². The van der Waals surface area contributed by atoms with Crippen LogP contribution in [0.15, 0.2) is 0 Å². The highest BCUT2D eigenvalue weighted by Gasteiger charge is 2.43. The van der Waals surface area contributed by atoms with Gasteiger partial charge in [-0.1, -0.05) is 26.2 Å². The SMILES string of the molecule is CCCCCCO[C@H]1O[C@@H](CO)[C@H](O)[C@@H](O)[C@@H]1O. The second kappa shape index (κ2) is 8.04. The van der Waals surface area contributed by atoms with Gasteiger partial charge in [-0.05, 0) is 6.42 Å². The molecule has 0 unspecified atom stereocenters. The predicted octanol–water partition coefficient (Wildman–Crippen LogP) is -0.617. The molecule has 108 valence electrons. The van der Waals surface area contributed by atoms with Gasteiger partial charge >= 0.3 is 0 Å². The first-order valence-corrected chi connectivity index (χ1v) is 6.54. The highest BCUT2D eigenvalue weighted by Crippen LogP contribution is 2.22. The molecule has 0 spiro atoms. The second-order valence-electron chi connectivity index (χ2n) is 4.63. The second-order valence-corrected chi connectivity index (χ2v) is 4.63. The summed E-state index contributed by atoms with van der Waals surface area (Å²) in [5.41, 5.74) is 0. The zero-order chi connectivity index (χ0) is 13.5. The van der Waals surface area contributed by atoms with Crippen LogP contribution in [0.25, 0.3) is 0 Å². The lowest BCUT2D eigenvalue weighted by atomic mass is 9.99. The van der Waals surface area contributed by atoms with Crippen molar-refractivity contribution in [3.63, 3.8) is 0 Å². The molecule has 18 heavy (non-hydrogen) atoms. The first-order valence-electron chi connectivity index (χ1n) is 6.54. The molecule has 6 nitrogen and oxygen atoms in total. The summed E-state index contributed by atoms with van der Waals surface area (Å²) in [5, 5.41) is 37.8. The fraction of sp³-hybridized carbons (Fsp3) is 1.00. The number of hydrogen-bond donors (Lipinski definition) is 4. The van der Waals surface area contributed by atoms with Crippen LogP contribution in [0.2, 0.25) is 0 Å². The Morgan fingerprint density at radius 1 is 1.00 bits per heavy atom. The lowest BCUT2D eigenvalue weighted by Gasteiger charge is -2.39. The van der Waals surface area contributed by atoms with E-state index in [1.807, 2.05) is 0 Å². The van der Waals surface area contributed by atoms with Crippen LogP contribution in [0.5, 0.6) is 0 Å². The van der Waals surface area contributed by atoms with Crippen molar-refractivity contribution in [1.82, 2.24) is 0 Å². The molecule has 0 bridgehead atoms. The van der Waals surface area contributed by atoms with Gasteiger partial charge in [0, 0.05) is 6.61 Å². The van der Waals surface area contributed by atoms with E-state index in [0.717, 1.165) is 25.7 Å². The van der Waals surface area contributed by atoms with Gasteiger partial charge in [-0.2, -0.15) is 0 Å². The summed E-state index contributed by atoms with van der Waals surface area (Å²) in [6.45, 7) is 2.10. The van der Waals surface area contributed by atoms with Crippen molar-refractivity contribution >= 4 is 0 Å². The standard InChI is InChI=1S/C12H24O6/c1-2-3-4-5-6-17-12-11(16)10(15)9(14)8(7-13)18-12/h8-16H,2-7H2,1H3/t8-,9-,10+,11-,12-/m0/s1. The van der Waals surface area contributed by atoms with Crippen molar-refractivity contribution in [2.45, 2.75) is 63.3 Å². The maximum absolute atomic E-state index is 9.68. The lowest BCUT2D eigenvalue weighted by Crippen LogP contribution is -2.59. The van der Waals surface area contributed by atoms with E-state index in [4.69, 9.17) is 14.6 Å². The molecule has 1 heterocycles. The van der Waals surface area contributed by atoms with Gasteiger partial charge in [0.25, 0.3) is 0 Å². The molecule has 0 aromatic carbocycles. The number of unbranched alkanes of at least 4 members (excludes halogenated alkanes) is 3. The molecule has 0 amide bonds. The van der Waals surface area contributed by atoms with Crippen LogP contribution in [0, 0.1) is 0 Å². The van der Waals surface area contributed by atoms with Gasteiger partial charge in [0.2, 0.25) is 0 Å². The van der Waals surface area contributed by atoms with Crippen LogP contribution in [-0.4, -0.2) is 64.3 Å². The van der Waals surface area contributed by atoms with Crippen LogP contribution < -0.4 is 0 Å². The fourth-order valence-electron chi connectivity index (χ4n) is 1.93. The first-order chi connectivity index (χ1) is 8.61. The van der Waals surface area contributed by atoms with Crippen LogP contribution in [-0.2, 0) is 9.47 Å². The highest BCUT2D eigenvalue weighted by atomic mass is 16.7. The van der Waals surface area contributed by atoms with Crippen molar-refractivity contribution in [2.24, 2.45) is 0 Å². The molecule has 1 aliphatic rings. The van der Waals surface area contributed by atoms with Crippen LogP contribution in [0.3, 0.4) is 0 Å². The smallest absolute Gasteiger partial charge is 0.186 e. The Morgan fingerprint density at radius 3 is 2.33 bits per heavy atom. The minimum atomic E-state index is -1.36. The molecule has 1 fully saturated rings. The van der Waals surface area contributed by atoms with Gasteiger partial charge in [0.1, 0.15) is 24.4 Å². The summed E-state index contributed by atoms with van der Waals surface area (Å²) in [7, 11) is 0. The van der Waals surface area contributed by atoms with E-state index < -0.39 is 37.3 Å². The number of hydrogen-bond acceptors (Lipinski definition) is 6. The summed E-state index contributed by atoms with van der Waals surface area (Å²) in [4.78, 5) is 0. The summed E-state index contributed by atoms with van der Waals surface area (Å²) < 4.78 is 10.5. The zero-order valence-corrected chi connectivity index (χ0v) is 10.7. The fourth-order valence-corrected chi connectivity index (χ4v) is 1.93. The molecule has 4 N–H and O–H groups in total. The average molecular weight is 264 g/mol. The number of aliphatic hydroxyl groups excluding tert-OH is 4. The Bertz CT molecular complexity index is 223. The third-order valence-electron chi connectivity index (χ3n) is 3.13. The molecule has 6 heteroatoms. The van der Waals surface area contributed by atoms with Gasteiger partial charge in [0.15, 0.2) is 6.29 Å². The Morgan fingerprint density at radius 2 is 1.72 bits per heavy atom. The van der Waals surface area contributed by atoms with Crippen molar-refractivity contribution < 1.29 is 29.9 Å². The Labute approximate surface area is 107 Å². The van der Waals surface area contributed by atoms with Crippen LogP contribution in [0.1, 0.15) is 32.6 Å². The molecule has 0 aromatic heterocycles. The van der Waals surface area contributed by atoms with Crippen molar-refractivity contribution in [2.75, 3.05) is 13.2 Å². The van der Waals surface area contributed by atoms with Gasteiger partial charge in [-0.15, -0.1) is 0 Å². The Hall–Kier alpha value is -0.240. The quantitative estimate of drug-likeness (QED) is 0.458. The molecule has 1 rings (SSSR count). The molecule has 0 aromatic rings. The lowest BCUT2D eigenvalue weighted by molar-refractivity contribution is -0.301. The van der Waals surface area contributed by atoms with Crippen molar-refractivity contribution in [3.8, 4) is 0 Å². The molecular formula is C12H24O6. The highest BCUT2D eigenvalue weighted by molar-refractivity contribution is 4.88. The largest absolute Gasteiger partial charge is 0.394 e. The van der Waals surface area contributed by atoms with E-state index in [1.165, 1.54) is 0 Å². The summed E-state index contributed by atoms with van der Waals surface area (Å²) in [6, 6.07) is 0. The molecule has 0 aliphatic carbocycles. The molecule has 1 saturated heterocycles. The van der Waals surface area contributed by atoms with E-state index >= 15 is 0 Å². The summed E-state index contributed by atoms with van der Waals surface area (Å²) >= 11 is 0. The molecule has 0 saturated carbocycles. The summed E-state index contributed by atoms with van der Waals surface area (Å²) in [6.07, 6.45) is -1.75. The molecule has 0 radical (unpaired) electrons. The third-order valence-corrected chi connectivity index (χ3v) is 3.13. The third kappa shape index (κ3) is 4.15. The molecule has 5 atom stereocenters. The van der Waals surface area contributed by atoms with E-state index in [2.05, 4.69) is 6.92 Å². The predicted molar refractivity (Wildman–Crippen MR) is 63.9 cm³/mol. The minimum absolute atomic E-state index is 0.419. The van der Waals surface area contributed by atoms with Crippen molar-refractivity contribution in [1.29, 1.82) is 0 Å². The monoisotopic (exact) mass is 264 g/mol. The number of ether oxygens (including phenoxy) is 2. The van der Waals surface area contributed by atoms with Crippen LogP contribution >= 0.6 is 0 Å². The number of aliphatic hydroxyl groups is 4. The number of rotatable bonds is 7. The van der Waals surface area contributed by atoms with Crippen LogP contribution in [0.4, 0.5) is 0 Å². The van der Waals surface area contributed by atoms with Gasteiger partial charge in [0.05, 0.1) is 6.61 Å².